The third-order valence-electron chi connectivity index (χ3n) is 3.82. The van der Waals surface area contributed by atoms with Gasteiger partial charge >= 0.3 is 0 Å². The molecule has 2 aromatic carbocycles. The van der Waals surface area contributed by atoms with Gasteiger partial charge in [-0.25, -0.2) is 4.98 Å². The molecule has 1 aromatic heterocycles. The van der Waals surface area contributed by atoms with E-state index < -0.39 is 0 Å². The van der Waals surface area contributed by atoms with Crippen LogP contribution in [-0.2, 0) is 0 Å². The molecule has 24 heavy (non-hydrogen) atoms. The Morgan fingerprint density at radius 3 is 2.38 bits per heavy atom. The highest BCUT2D eigenvalue weighted by Crippen LogP contribution is 2.27. The minimum atomic E-state index is 0.499. The van der Waals surface area contributed by atoms with Gasteiger partial charge in [-0.3, -0.25) is 0 Å². The summed E-state index contributed by atoms with van der Waals surface area (Å²) in [6.07, 6.45) is 2.36. The zero-order valence-electron chi connectivity index (χ0n) is 13.0. The molecule has 4 nitrogen and oxygen atoms in total. The van der Waals surface area contributed by atoms with Crippen LogP contribution in [0, 0.1) is 0 Å². The lowest BCUT2D eigenvalue weighted by atomic mass is 10.1. The topological polar surface area (TPSA) is 49.8 Å². The minimum absolute atomic E-state index is 0.499. The van der Waals surface area contributed by atoms with Gasteiger partial charge in [0.2, 0.25) is 5.95 Å². The second kappa shape index (κ2) is 6.49. The molecule has 0 radical (unpaired) electrons. The molecular formula is C19H17ClN4. The van der Waals surface area contributed by atoms with Crippen molar-refractivity contribution in [2.75, 3.05) is 10.6 Å². The molecule has 0 amide bonds. The molecule has 0 unspecified atom stereocenters. The molecule has 0 atom stereocenters. The Balaban J connectivity index is 1.67. The highest BCUT2D eigenvalue weighted by molar-refractivity contribution is 6.30. The summed E-state index contributed by atoms with van der Waals surface area (Å²) < 4.78 is 0. The average Bonchev–Trinajstić information content (AvgIpc) is 3.42. The lowest BCUT2D eigenvalue weighted by molar-refractivity contribution is 1.06. The predicted octanol–water partition coefficient (Wildman–Crippen LogP) is 5.11. The van der Waals surface area contributed by atoms with E-state index in [2.05, 4.69) is 32.7 Å². The van der Waals surface area contributed by atoms with Crippen molar-refractivity contribution in [1.82, 2.24) is 9.97 Å². The summed E-state index contributed by atoms with van der Waals surface area (Å²) in [6, 6.07) is 20.2. The zero-order valence-corrected chi connectivity index (χ0v) is 13.8. The van der Waals surface area contributed by atoms with Crippen LogP contribution in [-0.4, -0.2) is 16.0 Å². The maximum atomic E-state index is 5.95. The van der Waals surface area contributed by atoms with E-state index in [9.17, 15) is 0 Å². The molecule has 1 fully saturated rings. The van der Waals surface area contributed by atoms with Crippen LogP contribution in [0.5, 0.6) is 0 Å². The number of anilines is 3. The van der Waals surface area contributed by atoms with Crippen LogP contribution in [0.25, 0.3) is 11.3 Å². The molecule has 1 saturated carbocycles. The highest BCUT2D eigenvalue weighted by atomic mass is 35.5. The Bertz CT molecular complexity index is 830. The Kier molecular flexibility index (Phi) is 4.05. The molecule has 120 valence electrons. The molecule has 5 heteroatoms. The van der Waals surface area contributed by atoms with Crippen molar-refractivity contribution in [2.24, 2.45) is 0 Å². The molecule has 2 N–H and O–H groups in total. The van der Waals surface area contributed by atoms with Gasteiger partial charge in [0.1, 0.15) is 5.82 Å². The first-order valence-corrected chi connectivity index (χ1v) is 8.38. The largest absolute Gasteiger partial charge is 0.351 e. The van der Waals surface area contributed by atoms with E-state index in [4.69, 9.17) is 11.6 Å². The molecule has 1 heterocycles. The van der Waals surface area contributed by atoms with E-state index >= 15 is 0 Å². The summed E-state index contributed by atoms with van der Waals surface area (Å²) in [7, 11) is 0. The molecule has 4 rings (SSSR count). The van der Waals surface area contributed by atoms with Crippen LogP contribution in [0.15, 0.2) is 60.7 Å². The molecule has 1 aliphatic rings. The van der Waals surface area contributed by atoms with Gasteiger partial charge in [-0.2, -0.15) is 4.98 Å². The number of hydrogen-bond donors (Lipinski definition) is 2. The Morgan fingerprint density at radius 1 is 0.917 bits per heavy atom. The van der Waals surface area contributed by atoms with Crippen molar-refractivity contribution in [3.05, 3.63) is 65.7 Å². The monoisotopic (exact) mass is 336 g/mol. The van der Waals surface area contributed by atoms with Gasteiger partial charge in [-0.15, -0.1) is 0 Å². The number of halogens is 1. The van der Waals surface area contributed by atoms with Gasteiger partial charge in [-0.05, 0) is 37.1 Å². The maximum absolute atomic E-state index is 5.95. The van der Waals surface area contributed by atoms with E-state index in [1.54, 1.807) is 0 Å². The molecule has 0 saturated heterocycles. The third kappa shape index (κ3) is 3.66. The van der Waals surface area contributed by atoms with Gasteiger partial charge < -0.3 is 10.6 Å². The Morgan fingerprint density at radius 2 is 1.67 bits per heavy atom. The van der Waals surface area contributed by atoms with Crippen molar-refractivity contribution in [1.29, 1.82) is 0 Å². The maximum Gasteiger partial charge on any atom is 0.225 e. The van der Waals surface area contributed by atoms with Crippen molar-refractivity contribution >= 4 is 29.1 Å². The van der Waals surface area contributed by atoms with Crippen molar-refractivity contribution < 1.29 is 0 Å². The molecular weight excluding hydrogens is 320 g/mol. The second-order valence-corrected chi connectivity index (χ2v) is 6.31. The van der Waals surface area contributed by atoms with Crippen LogP contribution >= 0.6 is 11.6 Å². The third-order valence-corrected chi connectivity index (χ3v) is 4.07. The number of benzene rings is 2. The molecule has 0 spiro atoms. The van der Waals surface area contributed by atoms with Crippen LogP contribution in [0.1, 0.15) is 12.8 Å². The lowest BCUT2D eigenvalue weighted by Gasteiger charge is -2.11. The van der Waals surface area contributed by atoms with Crippen molar-refractivity contribution in [2.45, 2.75) is 18.9 Å². The van der Waals surface area contributed by atoms with E-state index in [0.717, 1.165) is 22.8 Å². The SMILES string of the molecule is Clc1ccc(Nc2cc(-c3ccccc3)nc(NC3CC3)n2)cc1. The van der Waals surface area contributed by atoms with Gasteiger partial charge in [0, 0.05) is 28.4 Å². The Hall–Kier alpha value is -2.59. The van der Waals surface area contributed by atoms with Gasteiger partial charge in [0.05, 0.1) is 5.69 Å². The summed E-state index contributed by atoms with van der Waals surface area (Å²) in [5, 5.41) is 7.42. The Labute approximate surface area is 145 Å². The van der Waals surface area contributed by atoms with Crippen LogP contribution in [0.4, 0.5) is 17.5 Å². The number of hydrogen-bond acceptors (Lipinski definition) is 4. The molecule has 3 aromatic rings. The van der Waals surface area contributed by atoms with E-state index in [0.29, 0.717) is 17.0 Å². The lowest BCUT2D eigenvalue weighted by Crippen LogP contribution is -2.07. The quantitative estimate of drug-likeness (QED) is 0.679. The first-order chi connectivity index (χ1) is 11.8. The van der Waals surface area contributed by atoms with Crippen molar-refractivity contribution in [3.63, 3.8) is 0 Å². The van der Waals surface area contributed by atoms with Gasteiger partial charge in [0.25, 0.3) is 0 Å². The number of nitrogens with one attached hydrogen (secondary N) is 2. The minimum Gasteiger partial charge on any atom is -0.351 e. The summed E-state index contributed by atoms with van der Waals surface area (Å²) in [5.41, 5.74) is 2.90. The predicted molar refractivity (Wildman–Crippen MR) is 98.8 cm³/mol. The number of rotatable bonds is 5. The van der Waals surface area contributed by atoms with Gasteiger partial charge in [-0.1, -0.05) is 41.9 Å². The summed E-state index contributed by atoms with van der Waals surface area (Å²) >= 11 is 5.95. The van der Waals surface area contributed by atoms with Gasteiger partial charge in [0.15, 0.2) is 0 Å². The molecule has 0 bridgehead atoms. The summed E-state index contributed by atoms with van der Waals surface area (Å²) in [5.74, 6) is 1.42. The fourth-order valence-corrected chi connectivity index (χ4v) is 2.55. The standard InChI is InChI=1S/C19H17ClN4/c20-14-6-8-15(9-7-14)21-18-12-17(13-4-2-1-3-5-13)23-19(24-18)22-16-10-11-16/h1-9,12,16H,10-11H2,(H2,21,22,23,24). The summed E-state index contributed by atoms with van der Waals surface area (Å²) in [4.78, 5) is 9.25. The van der Waals surface area contributed by atoms with E-state index in [-0.39, 0.29) is 0 Å². The van der Waals surface area contributed by atoms with Crippen LogP contribution in [0.2, 0.25) is 5.02 Å². The van der Waals surface area contributed by atoms with E-state index in [1.807, 2.05) is 48.5 Å². The second-order valence-electron chi connectivity index (χ2n) is 5.88. The first-order valence-electron chi connectivity index (χ1n) is 8.00. The van der Waals surface area contributed by atoms with E-state index in [1.165, 1.54) is 12.8 Å². The van der Waals surface area contributed by atoms with Crippen LogP contribution in [0.3, 0.4) is 0 Å². The summed E-state index contributed by atoms with van der Waals surface area (Å²) in [6.45, 7) is 0. The number of aromatic nitrogens is 2. The van der Waals surface area contributed by atoms with Crippen LogP contribution < -0.4 is 10.6 Å². The number of nitrogens with zero attached hydrogens (tertiary/aromatic N) is 2. The fourth-order valence-electron chi connectivity index (χ4n) is 2.42. The highest BCUT2D eigenvalue weighted by Gasteiger charge is 2.22. The smallest absolute Gasteiger partial charge is 0.225 e. The zero-order chi connectivity index (χ0) is 16.4. The normalized spacial score (nSPS) is 13.5. The van der Waals surface area contributed by atoms with Crippen molar-refractivity contribution in [3.8, 4) is 11.3 Å². The average molecular weight is 337 g/mol. The molecule has 0 aliphatic heterocycles. The fraction of sp³-hybridized carbons (Fsp3) is 0.158. The first kappa shape index (κ1) is 15.0. The molecule has 1 aliphatic carbocycles.